The van der Waals surface area contributed by atoms with Gasteiger partial charge in [0.1, 0.15) is 15.3 Å². The first-order chi connectivity index (χ1) is 15.5. The molecule has 2 aromatic carbocycles. The van der Waals surface area contributed by atoms with Gasteiger partial charge >= 0.3 is 0 Å². The Morgan fingerprint density at radius 2 is 1.72 bits per heavy atom. The molecule has 0 aliphatic carbocycles. The van der Waals surface area contributed by atoms with Crippen molar-refractivity contribution in [2.75, 3.05) is 5.32 Å². The van der Waals surface area contributed by atoms with Crippen molar-refractivity contribution in [1.82, 2.24) is 14.5 Å². The van der Waals surface area contributed by atoms with Gasteiger partial charge in [0, 0.05) is 12.1 Å². The van der Waals surface area contributed by atoms with E-state index in [1.807, 2.05) is 54.6 Å². The van der Waals surface area contributed by atoms with Crippen molar-refractivity contribution in [3.63, 3.8) is 0 Å². The minimum atomic E-state index is -3.83. The summed E-state index contributed by atoms with van der Waals surface area (Å²) < 4.78 is 28.2. The van der Waals surface area contributed by atoms with Gasteiger partial charge in [-0.25, -0.2) is 8.42 Å². The van der Waals surface area contributed by atoms with Gasteiger partial charge in [0.05, 0.1) is 0 Å². The lowest BCUT2D eigenvalue weighted by Gasteiger charge is -2.34. The highest BCUT2D eigenvalue weighted by Crippen LogP contribution is 2.32. The average Bonchev–Trinajstić information content (AvgIpc) is 3.52. The van der Waals surface area contributed by atoms with E-state index in [0.717, 1.165) is 28.0 Å². The molecule has 0 saturated carbocycles. The van der Waals surface area contributed by atoms with Crippen molar-refractivity contribution in [1.29, 1.82) is 0 Å². The fourth-order valence-electron chi connectivity index (χ4n) is 3.66. The Morgan fingerprint density at radius 3 is 2.47 bits per heavy atom. The van der Waals surface area contributed by atoms with Gasteiger partial charge in [-0.05, 0) is 29.0 Å². The van der Waals surface area contributed by atoms with E-state index in [0.29, 0.717) is 10.1 Å². The first-order valence-corrected chi connectivity index (χ1v) is 13.0. The summed E-state index contributed by atoms with van der Waals surface area (Å²) in [5, 5.41) is 13.7. The van der Waals surface area contributed by atoms with Crippen LogP contribution in [0.15, 0.2) is 76.3 Å². The van der Waals surface area contributed by atoms with E-state index in [-0.39, 0.29) is 17.2 Å². The van der Waals surface area contributed by atoms with Crippen molar-refractivity contribution in [2.24, 2.45) is 0 Å². The first kappa shape index (κ1) is 21.0. The van der Waals surface area contributed by atoms with Crippen LogP contribution in [-0.4, -0.2) is 34.9 Å². The molecule has 1 atom stereocenters. The molecule has 0 fully saturated rings. The van der Waals surface area contributed by atoms with E-state index in [9.17, 15) is 13.2 Å². The minimum absolute atomic E-state index is 0.139. The standard InChI is InChI=1S/C22H18N4O3S3/c27-20(23-22-25-24-21(31-22)15-7-2-1-3-8-15)18-13-16-9-4-5-10-17(16)14-26(18)32(28,29)19-11-6-12-30-19/h1-12,18H,13-14H2,(H,23,25,27). The lowest BCUT2D eigenvalue weighted by molar-refractivity contribution is -0.120. The number of carbonyl (C=O) groups is 1. The Bertz CT molecular complexity index is 1350. The van der Waals surface area contributed by atoms with E-state index in [1.54, 1.807) is 17.5 Å². The maximum atomic E-state index is 13.3. The van der Waals surface area contributed by atoms with E-state index in [2.05, 4.69) is 15.5 Å². The van der Waals surface area contributed by atoms with E-state index < -0.39 is 22.0 Å². The number of nitrogens with one attached hydrogen (secondary N) is 1. The molecule has 0 radical (unpaired) electrons. The summed E-state index contributed by atoms with van der Waals surface area (Å²) in [7, 11) is -3.83. The van der Waals surface area contributed by atoms with Crippen LogP contribution in [0.4, 0.5) is 5.13 Å². The SMILES string of the molecule is O=C(Nc1nnc(-c2ccccc2)s1)C1Cc2ccccc2CN1S(=O)(=O)c1cccs1. The number of carbonyl (C=O) groups excluding carboxylic acids is 1. The molecule has 1 amide bonds. The van der Waals surface area contributed by atoms with Crippen LogP contribution in [0, 0.1) is 0 Å². The van der Waals surface area contributed by atoms with Crippen LogP contribution in [0.1, 0.15) is 11.1 Å². The molecule has 0 saturated heterocycles. The third-order valence-corrected chi connectivity index (χ3v) is 9.36. The van der Waals surface area contributed by atoms with Gasteiger partial charge in [-0.1, -0.05) is 72.0 Å². The summed E-state index contributed by atoms with van der Waals surface area (Å²) in [6.45, 7) is 0.139. The summed E-state index contributed by atoms with van der Waals surface area (Å²) >= 11 is 2.39. The normalized spacial score (nSPS) is 16.4. The number of rotatable bonds is 5. The van der Waals surface area contributed by atoms with Gasteiger partial charge in [-0.3, -0.25) is 10.1 Å². The van der Waals surface area contributed by atoms with Crippen LogP contribution in [0.3, 0.4) is 0 Å². The monoisotopic (exact) mass is 482 g/mol. The fraction of sp³-hybridized carbons (Fsp3) is 0.136. The molecule has 1 unspecified atom stereocenters. The van der Waals surface area contributed by atoms with Gasteiger partial charge in [-0.15, -0.1) is 21.5 Å². The van der Waals surface area contributed by atoms with Crippen LogP contribution < -0.4 is 5.32 Å². The summed E-state index contributed by atoms with van der Waals surface area (Å²) in [5.41, 5.74) is 2.77. The number of fused-ring (bicyclic) bond motifs is 1. The second kappa shape index (κ2) is 8.55. The number of sulfonamides is 1. The Kier molecular flexibility index (Phi) is 5.60. The zero-order chi connectivity index (χ0) is 22.1. The molecule has 1 aliphatic heterocycles. The van der Waals surface area contributed by atoms with Crippen molar-refractivity contribution in [2.45, 2.75) is 23.2 Å². The third kappa shape index (κ3) is 3.97. The number of hydrogen-bond donors (Lipinski definition) is 1. The molecule has 32 heavy (non-hydrogen) atoms. The molecule has 3 heterocycles. The second-order valence-corrected chi connectivity index (χ2v) is 11.3. The largest absolute Gasteiger partial charge is 0.299 e. The Labute approximate surface area is 193 Å². The van der Waals surface area contributed by atoms with Crippen LogP contribution in [0.2, 0.25) is 0 Å². The Hall–Kier alpha value is -2.92. The molecule has 1 aliphatic rings. The highest BCUT2D eigenvalue weighted by molar-refractivity contribution is 7.91. The summed E-state index contributed by atoms with van der Waals surface area (Å²) in [6.07, 6.45) is 0.289. The van der Waals surface area contributed by atoms with Gasteiger partial charge in [0.15, 0.2) is 0 Å². The molecule has 0 spiro atoms. The highest BCUT2D eigenvalue weighted by atomic mass is 32.2. The maximum absolute atomic E-state index is 13.3. The van der Waals surface area contributed by atoms with E-state index in [4.69, 9.17) is 0 Å². The number of thiophene rings is 1. The number of hydrogen-bond acceptors (Lipinski definition) is 7. The van der Waals surface area contributed by atoms with Crippen LogP contribution >= 0.6 is 22.7 Å². The minimum Gasteiger partial charge on any atom is -0.299 e. The summed E-state index contributed by atoms with van der Waals surface area (Å²) in [6, 6.07) is 19.5. The van der Waals surface area contributed by atoms with E-state index >= 15 is 0 Å². The van der Waals surface area contributed by atoms with Crippen LogP contribution in [-0.2, 0) is 27.8 Å². The molecule has 4 aromatic rings. The van der Waals surface area contributed by atoms with Crippen LogP contribution in [0.5, 0.6) is 0 Å². The van der Waals surface area contributed by atoms with Crippen molar-refractivity contribution in [3.05, 3.63) is 83.2 Å². The molecule has 1 N–H and O–H groups in total. The number of benzene rings is 2. The summed E-state index contributed by atoms with van der Waals surface area (Å²) in [4.78, 5) is 13.3. The first-order valence-electron chi connectivity index (χ1n) is 9.84. The third-order valence-electron chi connectivity index (χ3n) is 5.24. The smallest absolute Gasteiger partial charge is 0.253 e. The number of anilines is 1. The lowest BCUT2D eigenvalue weighted by atomic mass is 9.95. The predicted octanol–water partition coefficient (Wildman–Crippen LogP) is 4.02. The molecular formula is C22H18N4O3S3. The Balaban J connectivity index is 1.44. The van der Waals surface area contributed by atoms with Gasteiger partial charge in [0.2, 0.25) is 11.0 Å². The van der Waals surface area contributed by atoms with Crippen LogP contribution in [0.25, 0.3) is 10.6 Å². The number of amides is 1. The highest BCUT2D eigenvalue weighted by Gasteiger charge is 2.40. The van der Waals surface area contributed by atoms with Crippen molar-refractivity contribution >= 4 is 43.7 Å². The van der Waals surface area contributed by atoms with Gasteiger partial charge < -0.3 is 0 Å². The zero-order valence-electron chi connectivity index (χ0n) is 16.7. The second-order valence-electron chi connectivity index (χ2n) is 7.24. The molecule has 10 heteroatoms. The predicted molar refractivity (Wildman–Crippen MR) is 125 cm³/mol. The van der Waals surface area contributed by atoms with Crippen molar-refractivity contribution in [3.8, 4) is 10.6 Å². The van der Waals surface area contributed by atoms with Gasteiger partial charge in [0.25, 0.3) is 10.0 Å². The number of nitrogens with zero attached hydrogens (tertiary/aromatic N) is 3. The topological polar surface area (TPSA) is 92.3 Å². The molecule has 5 rings (SSSR count). The molecule has 7 nitrogen and oxygen atoms in total. The Morgan fingerprint density at radius 1 is 0.969 bits per heavy atom. The number of aromatic nitrogens is 2. The molecule has 0 bridgehead atoms. The quantitative estimate of drug-likeness (QED) is 0.464. The lowest BCUT2D eigenvalue weighted by Crippen LogP contribution is -2.50. The maximum Gasteiger partial charge on any atom is 0.253 e. The molecular weight excluding hydrogens is 464 g/mol. The van der Waals surface area contributed by atoms with Gasteiger partial charge in [-0.2, -0.15) is 4.31 Å². The summed E-state index contributed by atoms with van der Waals surface area (Å²) in [5.74, 6) is -0.421. The fourth-order valence-corrected chi connectivity index (χ4v) is 7.10. The van der Waals surface area contributed by atoms with E-state index in [1.165, 1.54) is 15.6 Å². The van der Waals surface area contributed by atoms with Crippen molar-refractivity contribution < 1.29 is 13.2 Å². The zero-order valence-corrected chi connectivity index (χ0v) is 19.2. The molecule has 2 aromatic heterocycles. The average molecular weight is 483 g/mol. The molecule has 162 valence electrons.